The Morgan fingerprint density at radius 3 is 2.74 bits per heavy atom. The first-order chi connectivity index (χ1) is 8.83. The first-order valence-corrected chi connectivity index (χ1v) is 6.11. The molecule has 0 saturated carbocycles. The fourth-order valence-corrected chi connectivity index (χ4v) is 2.37. The lowest BCUT2D eigenvalue weighted by atomic mass is 10.1. The topological polar surface area (TPSA) is 49.3 Å². The summed E-state index contributed by atoms with van der Waals surface area (Å²) in [4.78, 5) is 10.4. The van der Waals surface area contributed by atoms with Gasteiger partial charge in [0.1, 0.15) is 6.33 Å². The molecule has 4 nitrogen and oxygen atoms in total. The van der Waals surface area contributed by atoms with Gasteiger partial charge in [0, 0.05) is 25.2 Å². The SMILES string of the molecule is Cl.Oc1ncnc2c1CCN(Cc1ccccc1)C2. The van der Waals surface area contributed by atoms with Crippen molar-refractivity contribution in [2.45, 2.75) is 19.5 Å². The van der Waals surface area contributed by atoms with E-state index in [2.05, 4.69) is 39.1 Å². The highest BCUT2D eigenvalue weighted by molar-refractivity contribution is 5.85. The second kappa shape index (κ2) is 5.99. The Labute approximate surface area is 118 Å². The molecule has 1 aromatic heterocycles. The van der Waals surface area contributed by atoms with E-state index in [0.717, 1.165) is 37.3 Å². The molecule has 1 aromatic carbocycles. The van der Waals surface area contributed by atoms with E-state index >= 15 is 0 Å². The predicted molar refractivity (Wildman–Crippen MR) is 75.2 cm³/mol. The van der Waals surface area contributed by atoms with Crippen LogP contribution in [0, 0.1) is 0 Å². The number of aromatic nitrogens is 2. The Hall–Kier alpha value is -1.65. The lowest BCUT2D eigenvalue weighted by Gasteiger charge is -2.27. The highest BCUT2D eigenvalue weighted by atomic mass is 35.5. The average Bonchev–Trinajstić information content (AvgIpc) is 2.40. The van der Waals surface area contributed by atoms with Crippen LogP contribution in [0.15, 0.2) is 36.7 Å². The molecule has 0 atom stereocenters. The second-order valence-electron chi connectivity index (χ2n) is 4.57. The molecule has 1 aliphatic heterocycles. The minimum atomic E-state index is 0. The maximum atomic E-state index is 9.66. The van der Waals surface area contributed by atoms with Gasteiger partial charge in [-0.15, -0.1) is 12.4 Å². The molecule has 0 amide bonds. The minimum absolute atomic E-state index is 0. The van der Waals surface area contributed by atoms with Crippen LogP contribution in [0.25, 0.3) is 0 Å². The first kappa shape index (κ1) is 13.8. The number of benzene rings is 1. The average molecular weight is 278 g/mol. The summed E-state index contributed by atoms with van der Waals surface area (Å²) in [5.74, 6) is 0.138. The number of rotatable bonds is 2. The van der Waals surface area contributed by atoms with Crippen LogP contribution < -0.4 is 0 Å². The molecule has 0 saturated heterocycles. The van der Waals surface area contributed by atoms with E-state index in [9.17, 15) is 5.11 Å². The van der Waals surface area contributed by atoms with Crippen molar-refractivity contribution in [2.24, 2.45) is 0 Å². The monoisotopic (exact) mass is 277 g/mol. The fourth-order valence-electron chi connectivity index (χ4n) is 2.37. The standard InChI is InChI=1S/C14H15N3O.ClH/c18-14-12-6-7-17(9-13(12)15-10-16-14)8-11-4-2-1-3-5-11;/h1-5,10H,6-9H2,(H,15,16,18);1H. The Morgan fingerprint density at radius 2 is 1.95 bits per heavy atom. The van der Waals surface area contributed by atoms with E-state index < -0.39 is 0 Å². The molecule has 0 unspecified atom stereocenters. The third-order valence-electron chi connectivity index (χ3n) is 3.31. The molecule has 0 aliphatic carbocycles. The largest absolute Gasteiger partial charge is 0.493 e. The van der Waals surface area contributed by atoms with Crippen molar-refractivity contribution in [3.8, 4) is 5.88 Å². The van der Waals surface area contributed by atoms with Crippen molar-refractivity contribution in [3.63, 3.8) is 0 Å². The van der Waals surface area contributed by atoms with Crippen LogP contribution in [-0.4, -0.2) is 26.5 Å². The van der Waals surface area contributed by atoms with E-state index in [1.165, 1.54) is 11.9 Å². The predicted octanol–water partition coefficient (Wildman–Crippen LogP) is 2.16. The van der Waals surface area contributed by atoms with Gasteiger partial charge >= 0.3 is 0 Å². The van der Waals surface area contributed by atoms with Gasteiger partial charge in [0.25, 0.3) is 0 Å². The summed E-state index contributed by atoms with van der Waals surface area (Å²) in [6.45, 7) is 2.63. The van der Waals surface area contributed by atoms with E-state index in [1.807, 2.05) is 6.07 Å². The number of hydrogen-bond donors (Lipinski definition) is 1. The van der Waals surface area contributed by atoms with Crippen molar-refractivity contribution in [1.29, 1.82) is 0 Å². The van der Waals surface area contributed by atoms with Gasteiger partial charge in [-0.05, 0) is 12.0 Å². The summed E-state index contributed by atoms with van der Waals surface area (Å²) in [6, 6.07) is 10.4. The summed E-state index contributed by atoms with van der Waals surface area (Å²) < 4.78 is 0. The van der Waals surface area contributed by atoms with Gasteiger partial charge in [-0.3, -0.25) is 4.90 Å². The highest BCUT2D eigenvalue weighted by Crippen LogP contribution is 2.23. The molecule has 5 heteroatoms. The van der Waals surface area contributed by atoms with E-state index in [4.69, 9.17) is 0 Å². The zero-order valence-corrected chi connectivity index (χ0v) is 11.3. The van der Waals surface area contributed by atoms with Crippen LogP contribution in [0.2, 0.25) is 0 Å². The van der Waals surface area contributed by atoms with Crippen LogP contribution in [0.1, 0.15) is 16.8 Å². The summed E-state index contributed by atoms with van der Waals surface area (Å²) in [7, 11) is 0. The quantitative estimate of drug-likeness (QED) is 0.914. The lowest BCUT2D eigenvalue weighted by Crippen LogP contribution is -2.30. The van der Waals surface area contributed by atoms with Gasteiger partial charge in [-0.25, -0.2) is 9.97 Å². The third kappa shape index (κ3) is 3.03. The number of aromatic hydroxyl groups is 1. The molecule has 2 heterocycles. The highest BCUT2D eigenvalue weighted by Gasteiger charge is 2.20. The normalized spacial score (nSPS) is 14.5. The summed E-state index contributed by atoms with van der Waals surface area (Å²) in [6.07, 6.45) is 2.25. The van der Waals surface area contributed by atoms with Crippen LogP contribution >= 0.6 is 12.4 Å². The first-order valence-electron chi connectivity index (χ1n) is 6.11. The van der Waals surface area contributed by atoms with Crippen LogP contribution in [0.4, 0.5) is 0 Å². The van der Waals surface area contributed by atoms with Gasteiger partial charge in [-0.1, -0.05) is 30.3 Å². The summed E-state index contributed by atoms with van der Waals surface area (Å²) in [5.41, 5.74) is 3.16. The van der Waals surface area contributed by atoms with Crippen molar-refractivity contribution < 1.29 is 5.11 Å². The molecular formula is C14H16ClN3O. The minimum Gasteiger partial charge on any atom is -0.493 e. The molecule has 0 spiro atoms. The van der Waals surface area contributed by atoms with Gasteiger partial charge in [-0.2, -0.15) is 0 Å². The van der Waals surface area contributed by atoms with Crippen molar-refractivity contribution in [1.82, 2.24) is 14.9 Å². The molecule has 100 valence electrons. The van der Waals surface area contributed by atoms with E-state index in [-0.39, 0.29) is 18.3 Å². The van der Waals surface area contributed by atoms with Gasteiger partial charge in [0.15, 0.2) is 0 Å². The van der Waals surface area contributed by atoms with E-state index in [1.54, 1.807) is 0 Å². The summed E-state index contributed by atoms with van der Waals surface area (Å²) in [5, 5.41) is 9.66. The molecule has 0 fully saturated rings. The Kier molecular flexibility index (Phi) is 4.35. The Morgan fingerprint density at radius 1 is 1.16 bits per heavy atom. The maximum absolute atomic E-state index is 9.66. The number of hydrogen-bond acceptors (Lipinski definition) is 4. The summed E-state index contributed by atoms with van der Waals surface area (Å²) >= 11 is 0. The lowest BCUT2D eigenvalue weighted by molar-refractivity contribution is 0.238. The Balaban J connectivity index is 0.00000133. The number of halogens is 1. The number of fused-ring (bicyclic) bond motifs is 1. The van der Waals surface area contributed by atoms with Gasteiger partial charge < -0.3 is 5.11 Å². The third-order valence-corrected chi connectivity index (χ3v) is 3.31. The maximum Gasteiger partial charge on any atom is 0.217 e. The molecule has 2 aromatic rings. The molecule has 19 heavy (non-hydrogen) atoms. The van der Waals surface area contributed by atoms with E-state index in [0.29, 0.717) is 0 Å². The zero-order valence-electron chi connectivity index (χ0n) is 10.5. The van der Waals surface area contributed by atoms with Crippen LogP contribution in [0.3, 0.4) is 0 Å². The van der Waals surface area contributed by atoms with Crippen LogP contribution in [-0.2, 0) is 19.5 Å². The van der Waals surface area contributed by atoms with Crippen molar-refractivity contribution in [2.75, 3.05) is 6.54 Å². The fraction of sp³-hybridized carbons (Fsp3) is 0.286. The molecule has 1 aliphatic rings. The van der Waals surface area contributed by atoms with Crippen LogP contribution in [0.5, 0.6) is 5.88 Å². The Bertz CT molecular complexity index is 548. The molecule has 3 rings (SSSR count). The smallest absolute Gasteiger partial charge is 0.217 e. The van der Waals surface area contributed by atoms with Crippen molar-refractivity contribution >= 4 is 12.4 Å². The molecular weight excluding hydrogens is 262 g/mol. The molecule has 0 radical (unpaired) electrons. The van der Waals surface area contributed by atoms with Crippen molar-refractivity contribution in [3.05, 3.63) is 53.5 Å². The second-order valence-corrected chi connectivity index (χ2v) is 4.57. The number of nitrogens with zero attached hydrogens (tertiary/aromatic N) is 3. The molecule has 1 N–H and O–H groups in total. The molecule has 0 bridgehead atoms. The van der Waals surface area contributed by atoms with Gasteiger partial charge in [0.2, 0.25) is 5.88 Å². The van der Waals surface area contributed by atoms with Gasteiger partial charge in [0.05, 0.1) is 5.69 Å². The zero-order chi connectivity index (χ0) is 12.4.